The van der Waals surface area contributed by atoms with Gasteiger partial charge < -0.3 is 24.1 Å². The number of rotatable bonds is 7. The van der Waals surface area contributed by atoms with Gasteiger partial charge in [0.25, 0.3) is 5.56 Å². The van der Waals surface area contributed by atoms with E-state index in [1.54, 1.807) is 36.2 Å². The molecule has 5 heterocycles. The van der Waals surface area contributed by atoms with Crippen molar-refractivity contribution < 1.29 is 14.2 Å². The van der Waals surface area contributed by atoms with Crippen molar-refractivity contribution in [2.75, 3.05) is 33.4 Å². The third-order valence-corrected chi connectivity index (χ3v) is 6.73. The van der Waals surface area contributed by atoms with E-state index in [2.05, 4.69) is 27.1 Å². The fourth-order valence-electron chi connectivity index (χ4n) is 4.79. The number of nitrogens with zero attached hydrogens (tertiary/aromatic N) is 4. The first-order chi connectivity index (χ1) is 16.6. The van der Waals surface area contributed by atoms with Crippen LogP contribution in [0.25, 0.3) is 11.0 Å². The van der Waals surface area contributed by atoms with Crippen molar-refractivity contribution >= 4 is 23.4 Å². The lowest BCUT2D eigenvalue weighted by atomic mass is 9.98. The maximum atomic E-state index is 12.6. The number of hydrogen-bond acceptors (Lipinski definition) is 8. The van der Waals surface area contributed by atoms with Gasteiger partial charge in [-0.05, 0) is 32.4 Å². The molecular formula is C25H32ClN5O4. The molecule has 3 aromatic heterocycles. The minimum absolute atomic E-state index is 0. The third kappa shape index (κ3) is 5.69. The average Bonchev–Trinajstić information content (AvgIpc) is 2.87. The van der Waals surface area contributed by atoms with Gasteiger partial charge in [0, 0.05) is 49.9 Å². The van der Waals surface area contributed by atoms with Crippen LogP contribution in [0.3, 0.4) is 0 Å². The summed E-state index contributed by atoms with van der Waals surface area (Å²) < 4.78 is 18.3. The van der Waals surface area contributed by atoms with Crippen molar-refractivity contribution in [2.24, 2.45) is 0 Å². The number of halogens is 1. The van der Waals surface area contributed by atoms with E-state index in [-0.39, 0.29) is 18.0 Å². The molecule has 2 aliphatic rings. The standard InChI is InChI=1S/C25H31N5O4.ClH/c1-17-11-18(26-14-19-12-23-24(16-27-19)34-10-9-33-23)5-6-29(17)7-8-30-22-13-20(32-2)15-28-21(22)3-4-25(30)31;/h3-4,12-13,15-18,26H,5-11,14H2,1-2H3;1H. The number of methoxy groups -OCH3 is 1. The molecule has 35 heavy (non-hydrogen) atoms. The van der Waals surface area contributed by atoms with Gasteiger partial charge in [-0.15, -0.1) is 12.4 Å². The highest BCUT2D eigenvalue weighted by Crippen LogP contribution is 2.29. The van der Waals surface area contributed by atoms with Crippen LogP contribution in [-0.4, -0.2) is 64.9 Å². The molecule has 1 N–H and O–H groups in total. The molecule has 0 aromatic carbocycles. The summed E-state index contributed by atoms with van der Waals surface area (Å²) in [5, 5.41) is 3.65. The molecule has 2 aliphatic heterocycles. The van der Waals surface area contributed by atoms with Gasteiger partial charge in [0.15, 0.2) is 11.5 Å². The van der Waals surface area contributed by atoms with Gasteiger partial charge in [0.2, 0.25) is 0 Å². The van der Waals surface area contributed by atoms with Crippen molar-refractivity contribution in [3.8, 4) is 17.2 Å². The Morgan fingerprint density at radius 1 is 1.11 bits per heavy atom. The highest BCUT2D eigenvalue weighted by molar-refractivity contribution is 5.85. The number of nitrogens with one attached hydrogen (secondary N) is 1. The second-order valence-corrected chi connectivity index (χ2v) is 8.91. The number of piperidine rings is 1. The lowest BCUT2D eigenvalue weighted by molar-refractivity contribution is 0.131. The molecule has 0 saturated carbocycles. The Bertz CT molecular complexity index is 1220. The monoisotopic (exact) mass is 501 g/mol. The van der Waals surface area contributed by atoms with Crippen LogP contribution in [0.1, 0.15) is 25.5 Å². The first-order valence-electron chi connectivity index (χ1n) is 11.9. The Hall–Kier alpha value is -2.88. The van der Waals surface area contributed by atoms with Gasteiger partial charge in [-0.3, -0.25) is 19.7 Å². The predicted octanol–water partition coefficient (Wildman–Crippen LogP) is 2.64. The fourth-order valence-corrected chi connectivity index (χ4v) is 4.79. The van der Waals surface area contributed by atoms with Crippen molar-refractivity contribution in [1.82, 2.24) is 24.8 Å². The van der Waals surface area contributed by atoms with E-state index in [1.807, 2.05) is 12.1 Å². The summed E-state index contributed by atoms with van der Waals surface area (Å²) >= 11 is 0. The molecule has 1 saturated heterocycles. The summed E-state index contributed by atoms with van der Waals surface area (Å²) in [6.07, 6.45) is 5.52. The molecule has 9 nitrogen and oxygen atoms in total. The molecule has 5 rings (SSSR count). The van der Waals surface area contributed by atoms with Gasteiger partial charge in [0.1, 0.15) is 19.0 Å². The van der Waals surface area contributed by atoms with E-state index in [9.17, 15) is 4.79 Å². The van der Waals surface area contributed by atoms with Crippen LogP contribution >= 0.6 is 12.4 Å². The predicted molar refractivity (Wildman–Crippen MR) is 136 cm³/mol. The topological polar surface area (TPSA) is 90.7 Å². The number of likely N-dealkylation sites (tertiary alicyclic amines) is 1. The minimum atomic E-state index is -0.0151. The Labute approximate surface area is 210 Å². The highest BCUT2D eigenvalue weighted by atomic mass is 35.5. The Morgan fingerprint density at radius 2 is 1.94 bits per heavy atom. The molecule has 0 bridgehead atoms. The molecule has 188 valence electrons. The average molecular weight is 502 g/mol. The first kappa shape index (κ1) is 25.2. The zero-order valence-electron chi connectivity index (χ0n) is 20.1. The molecule has 1 fully saturated rings. The van der Waals surface area contributed by atoms with Crippen molar-refractivity contribution in [3.63, 3.8) is 0 Å². The first-order valence-corrected chi connectivity index (χ1v) is 11.9. The van der Waals surface area contributed by atoms with Crippen molar-refractivity contribution in [3.05, 3.63) is 52.7 Å². The normalized spacial score (nSPS) is 19.8. The summed E-state index contributed by atoms with van der Waals surface area (Å²) in [6, 6.07) is 8.05. The lowest BCUT2D eigenvalue weighted by Gasteiger charge is -2.38. The summed E-state index contributed by atoms with van der Waals surface area (Å²) in [7, 11) is 1.61. The molecule has 0 aliphatic carbocycles. The Kier molecular flexibility index (Phi) is 8.10. The van der Waals surface area contributed by atoms with Gasteiger partial charge in [-0.2, -0.15) is 0 Å². The van der Waals surface area contributed by atoms with E-state index in [1.165, 1.54) is 0 Å². The summed E-state index contributed by atoms with van der Waals surface area (Å²) in [6.45, 7) is 6.52. The quantitative estimate of drug-likeness (QED) is 0.528. The number of ether oxygens (including phenoxy) is 3. The SMILES string of the molecule is COc1cnc2ccc(=O)n(CCN3CCC(NCc4cc5c(cn4)OCCO5)CC3C)c2c1.Cl. The van der Waals surface area contributed by atoms with Gasteiger partial charge in [-0.1, -0.05) is 0 Å². The maximum Gasteiger partial charge on any atom is 0.251 e. The van der Waals surface area contributed by atoms with E-state index >= 15 is 0 Å². The Morgan fingerprint density at radius 3 is 2.74 bits per heavy atom. The lowest BCUT2D eigenvalue weighted by Crippen LogP contribution is -2.48. The molecule has 0 amide bonds. The van der Waals surface area contributed by atoms with Gasteiger partial charge in [-0.25, -0.2) is 0 Å². The van der Waals surface area contributed by atoms with Crippen molar-refractivity contribution in [1.29, 1.82) is 0 Å². The van der Waals surface area contributed by atoms with E-state index in [4.69, 9.17) is 14.2 Å². The zero-order chi connectivity index (χ0) is 23.5. The van der Waals surface area contributed by atoms with Gasteiger partial charge >= 0.3 is 0 Å². The molecule has 3 aromatic rings. The van der Waals surface area contributed by atoms with Crippen molar-refractivity contribution in [2.45, 2.75) is 44.9 Å². The largest absolute Gasteiger partial charge is 0.495 e. The summed E-state index contributed by atoms with van der Waals surface area (Å²) in [4.78, 5) is 24.0. The van der Waals surface area contributed by atoms with Crippen LogP contribution < -0.4 is 25.1 Å². The third-order valence-electron chi connectivity index (χ3n) is 6.73. The number of aromatic nitrogens is 3. The number of hydrogen-bond donors (Lipinski definition) is 1. The van der Waals surface area contributed by atoms with E-state index < -0.39 is 0 Å². The highest BCUT2D eigenvalue weighted by Gasteiger charge is 2.25. The van der Waals surface area contributed by atoms with Crippen LogP contribution in [0.4, 0.5) is 0 Å². The molecule has 2 unspecified atom stereocenters. The zero-order valence-corrected chi connectivity index (χ0v) is 20.9. The second-order valence-electron chi connectivity index (χ2n) is 8.91. The van der Waals surface area contributed by atoms with Crippen LogP contribution in [0, 0.1) is 0 Å². The molecular weight excluding hydrogens is 470 g/mol. The van der Waals surface area contributed by atoms with Crippen LogP contribution in [0.5, 0.6) is 17.2 Å². The fraction of sp³-hybridized carbons (Fsp3) is 0.480. The van der Waals surface area contributed by atoms with Crippen LogP contribution in [0.15, 0.2) is 41.5 Å². The summed E-state index contributed by atoms with van der Waals surface area (Å²) in [5.74, 6) is 2.15. The molecule has 10 heteroatoms. The van der Waals surface area contributed by atoms with Crippen LogP contribution in [-0.2, 0) is 13.1 Å². The molecule has 0 radical (unpaired) electrons. The number of fused-ring (bicyclic) bond motifs is 2. The molecule has 0 spiro atoms. The number of pyridine rings is 3. The minimum Gasteiger partial charge on any atom is -0.495 e. The van der Waals surface area contributed by atoms with E-state index in [0.29, 0.717) is 44.1 Å². The van der Waals surface area contributed by atoms with Crippen LogP contribution in [0.2, 0.25) is 0 Å². The maximum absolute atomic E-state index is 12.6. The van der Waals surface area contributed by atoms with E-state index in [0.717, 1.165) is 54.2 Å². The summed E-state index contributed by atoms with van der Waals surface area (Å²) in [5.41, 5.74) is 2.55. The van der Waals surface area contributed by atoms with Gasteiger partial charge in [0.05, 0.1) is 36.2 Å². The smallest absolute Gasteiger partial charge is 0.251 e. The molecule has 2 atom stereocenters. The Balaban J connectivity index is 0.00000289. The second kappa shape index (κ2) is 11.2.